The van der Waals surface area contributed by atoms with Gasteiger partial charge in [0.2, 0.25) is 0 Å². The number of aromatic nitrogens is 1. The highest BCUT2D eigenvalue weighted by molar-refractivity contribution is 7.95. The van der Waals surface area contributed by atoms with E-state index in [9.17, 15) is 0 Å². The minimum absolute atomic E-state index is 0.281. The fourth-order valence-corrected chi connectivity index (χ4v) is 2.44. The van der Waals surface area contributed by atoms with Crippen LogP contribution in [0, 0.1) is 0 Å². The molecule has 2 nitrogen and oxygen atoms in total. The molecule has 0 saturated carbocycles. The predicted octanol–water partition coefficient (Wildman–Crippen LogP) is 2.41. The Kier molecular flexibility index (Phi) is 2.42. The first-order chi connectivity index (χ1) is 6.72. The molecule has 0 unspecified atom stereocenters. The third kappa shape index (κ3) is 1.48. The molecular formula is C11H14NOS+. The number of methoxy groups -OCH3 is 1. The minimum Gasteiger partial charge on any atom is -0.497 e. The summed E-state index contributed by atoms with van der Waals surface area (Å²) in [7, 11) is 1.98. The van der Waals surface area contributed by atoms with E-state index in [1.165, 1.54) is 15.8 Å². The van der Waals surface area contributed by atoms with Gasteiger partial charge in [-0.25, -0.2) is 0 Å². The van der Waals surface area contributed by atoms with Gasteiger partial charge in [0.15, 0.2) is 4.90 Å². The Bertz CT molecular complexity index is 447. The average Bonchev–Trinajstić information content (AvgIpc) is 2.59. The van der Waals surface area contributed by atoms with Crippen LogP contribution in [0.5, 0.6) is 5.75 Å². The average molecular weight is 208 g/mol. The summed E-state index contributed by atoms with van der Waals surface area (Å²) in [4.78, 5) is 4.65. The molecule has 0 fully saturated rings. The van der Waals surface area contributed by atoms with Gasteiger partial charge in [-0.2, -0.15) is 0 Å². The Morgan fingerprint density at radius 3 is 2.71 bits per heavy atom. The van der Waals surface area contributed by atoms with Crippen molar-refractivity contribution in [2.45, 2.75) is 4.90 Å². The Morgan fingerprint density at radius 1 is 1.29 bits per heavy atom. The second kappa shape index (κ2) is 3.58. The predicted molar refractivity (Wildman–Crippen MR) is 62.3 cm³/mol. The number of fused-ring (bicyclic) bond motifs is 1. The lowest BCUT2D eigenvalue weighted by Crippen LogP contribution is -1.93. The van der Waals surface area contributed by atoms with Crippen LogP contribution in [0.25, 0.3) is 10.9 Å². The van der Waals surface area contributed by atoms with Gasteiger partial charge in [-0.1, -0.05) is 0 Å². The topological polar surface area (TPSA) is 25.0 Å². The number of benzene rings is 1. The van der Waals surface area contributed by atoms with Crippen molar-refractivity contribution in [1.29, 1.82) is 0 Å². The molecule has 3 heteroatoms. The van der Waals surface area contributed by atoms with Crippen LogP contribution in [-0.2, 0) is 10.9 Å². The van der Waals surface area contributed by atoms with Crippen molar-refractivity contribution in [2.24, 2.45) is 0 Å². The van der Waals surface area contributed by atoms with E-state index in [1.807, 2.05) is 6.07 Å². The van der Waals surface area contributed by atoms with Crippen LogP contribution in [0.2, 0.25) is 0 Å². The fourth-order valence-electron chi connectivity index (χ4n) is 1.54. The second-order valence-corrected chi connectivity index (χ2v) is 5.45. The highest BCUT2D eigenvalue weighted by atomic mass is 32.2. The van der Waals surface area contributed by atoms with Crippen molar-refractivity contribution < 1.29 is 4.74 Å². The van der Waals surface area contributed by atoms with E-state index >= 15 is 0 Å². The monoisotopic (exact) mass is 208 g/mol. The summed E-state index contributed by atoms with van der Waals surface area (Å²) in [5.74, 6) is 0.920. The summed E-state index contributed by atoms with van der Waals surface area (Å²) >= 11 is 0. The molecule has 2 rings (SSSR count). The van der Waals surface area contributed by atoms with Crippen molar-refractivity contribution in [3.8, 4) is 5.75 Å². The summed E-state index contributed by atoms with van der Waals surface area (Å²) in [5, 5.41) is 1.28. The molecule has 14 heavy (non-hydrogen) atoms. The minimum atomic E-state index is 0.281. The van der Waals surface area contributed by atoms with Gasteiger partial charge in [0.1, 0.15) is 18.3 Å². The maximum atomic E-state index is 5.22. The molecule has 2 aromatic rings. The molecule has 1 aromatic heterocycles. The molecule has 74 valence electrons. The van der Waals surface area contributed by atoms with Gasteiger partial charge < -0.3 is 9.72 Å². The van der Waals surface area contributed by atoms with Crippen LogP contribution in [0.3, 0.4) is 0 Å². The van der Waals surface area contributed by atoms with E-state index in [0.29, 0.717) is 0 Å². The van der Waals surface area contributed by atoms with Crippen molar-refractivity contribution in [3.05, 3.63) is 24.4 Å². The maximum absolute atomic E-state index is 5.22. The zero-order valence-corrected chi connectivity index (χ0v) is 9.44. The standard InChI is InChI=1S/C11H14NOS/c1-13-8-4-5-10-9(6-8)11(7-12-10)14(2)3/h4-7,12H,1-3H3/q+1. The van der Waals surface area contributed by atoms with Gasteiger partial charge in [-0.05, 0) is 18.2 Å². The fraction of sp³-hybridized carbons (Fsp3) is 0.273. The molecule has 0 saturated heterocycles. The number of rotatable bonds is 2. The van der Waals surface area contributed by atoms with Gasteiger partial charge in [0.25, 0.3) is 0 Å². The van der Waals surface area contributed by atoms with Gasteiger partial charge in [-0.3, -0.25) is 0 Å². The molecule has 1 aromatic carbocycles. The third-order valence-electron chi connectivity index (χ3n) is 2.29. The van der Waals surface area contributed by atoms with E-state index in [0.717, 1.165) is 5.75 Å². The smallest absolute Gasteiger partial charge is 0.179 e. The summed E-state index contributed by atoms with van der Waals surface area (Å²) in [6.45, 7) is 0. The number of ether oxygens (including phenoxy) is 1. The second-order valence-electron chi connectivity index (χ2n) is 3.38. The van der Waals surface area contributed by atoms with Gasteiger partial charge in [0.05, 0.1) is 24.2 Å². The molecule has 0 amide bonds. The van der Waals surface area contributed by atoms with Crippen molar-refractivity contribution >= 4 is 21.8 Å². The third-order valence-corrected chi connectivity index (χ3v) is 3.51. The van der Waals surface area contributed by atoms with Gasteiger partial charge in [-0.15, -0.1) is 0 Å². The van der Waals surface area contributed by atoms with Crippen LogP contribution < -0.4 is 4.74 Å². The first-order valence-corrected chi connectivity index (χ1v) is 6.49. The number of nitrogens with one attached hydrogen (secondary N) is 1. The molecule has 0 aliphatic rings. The van der Waals surface area contributed by atoms with Crippen molar-refractivity contribution in [3.63, 3.8) is 0 Å². The first kappa shape index (κ1) is 9.46. The molecule has 1 N–H and O–H groups in total. The highest BCUT2D eigenvalue weighted by Crippen LogP contribution is 2.26. The molecule has 0 spiro atoms. The highest BCUT2D eigenvalue weighted by Gasteiger charge is 2.15. The molecule has 0 bridgehead atoms. The lowest BCUT2D eigenvalue weighted by Gasteiger charge is -1.99. The Balaban J connectivity index is 2.63. The quantitative estimate of drug-likeness (QED) is 0.753. The van der Waals surface area contributed by atoms with Crippen LogP contribution in [0.1, 0.15) is 0 Å². The molecular weight excluding hydrogens is 194 g/mol. The zero-order chi connectivity index (χ0) is 10.1. The SMILES string of the molecule is COc1ccc2[nH]cc([S+](C)C)c2c1. The zero-order valence-electron chi connectivity index (χ0n) is 8.63. The number of aromatic amines is 1. The number of hydrogen-bond donors (Lipinski definition) is 1. The van der Waals surface area contributed by atoms with E-state index in [1.54, 1.807) is 7.11 Å². The summed E-state index contributed by atoms with van der Waals surface area (Å²) < 4.78 is 5.22. The molecule has 0 atom stereocenters. The van der Waals surface area contributed by atoms with Crippen LogP contribution in [0.15, 0.2) is 29.3 Å². The van der Waals surface area contributed by atoms with Crippen LogP contribution in [0.4, 0.5) is 0 Å². The Labute approximate surface area is 86.6 Å². The van der Waals surface area contributed by atoms with Crippen LogP contribution in [-0.4, -0.2) is 24.6 Å². The summed E-state index contributed by atoms with van der Waals surface area (Å²) in [6.07, 6.45) is 6.54. The van der Waals surface area contributed by atoms with Crippen molar-refractivity contribution in [1.82, 2.24) is 4.98 Å². The number of H-pyrrole nitrogens is 1. The molecule has 1 heterocycles. The molecule has 0 radical (unpaired) electrons. The van der Waals surface area contributed by atoms with E-state index in [4.69, 9.17) is 4.74 Å². The maximum Gasteiger partial charge on any atom is 0.179 e. The normalized spacial score (nSPS) is 11.1. The lowest BCUT2D eigenvalue weighted by molar-refractivity contribution is 0.415. The van der Waals surface area contributed by atoms with Crippen molar-refractivity contribution in [2.75, 3.05) is 19.6 Å². The first-order valence-electron chi connectivity index (χ1n) is 4.45. The Hall–Kier alpha value is -1.09. The summed E-state index contributed by atoms with van der Waals surface area (Å²) in [5.41, 5.74) is 1.18. The van der Waals surface area contributed by atoms with Crippen LogP contribution >= 0.6 is 0 Å². The summed E-state index contributed by atoms with van der Waals surface area (Å²) in [6, 6.07) is 6.13. The van der Waals surface area contributed by atoms with E-state index in [2.05, 4.69) is 35.8 Å². The Morgan fingerprint density at radius 2 is 2.07 bits per heavy atom. The number of hydrogen-bond acceptors (Lipinski definition) is 1. The van der Waals surface area contributed by atoms with E-state index < -0.39 is 0 Å². The largest absolute Gasteiger partial charge is 0.497 e. The lowest BCUT2D eigenvalue weighted by atomic mass is 10.2. The molecule has 0 aliphatic heterocycles. The van der Waals surface area contributed by atoms with Gasteiger partial charge >= 0.3 is 0 Å². The molecule has 0 aliphatic carbocycles. The van der Waals surface area contributed by atoms with Gasteiger partial charge in [0, 0.05) is 10.9 Å². The van der Waals surface area contributed by atoms with E-state index in [-0.39, 0.29) is 10.9 Å².